The molecule has 9 heteroatoms. The third-order valence-electron chi connectivity index (χ3n) is 6.70. The topological polar surface area (TPSA) is 89.0 Å². The summed E-state index contributed by atoms with van der Waals surface area (Å²) in [4.78, 5) is 45.6. The summed E-state index contributed by atoms with van der Waals surface area (Å²) in [5, 5.41) is 0.210. The van der Waals surface area contributed by atoms with Crippen LogP contribution >= 0.6 is 11.6 Å². The van der Waals surface area contributed by atoms with Crippen molar-refractivity contribution in [3.05, 3.63) is 58.7 Å². The number of aromatic nitrogens is 1. The van der Waals surface area contributed by atoms with Crippen molar-refractivity contribution in [2.24, 2.45) is 5.41 Å². The molecule has 1 atom stereocenters. The van der Waals surface area contributed by atoms with E-state index in [0.717, 1.165) is 19.3 Å². The van der Waals surface area contributed by atoms with Crippen LogP contribution in [-0.2, 0) is 14.3 Å². The first-order valence-corrected chi connectivity index (χ1v) is 11.7. The van der Waals surface area contributed by atoms with E-state index >= 15 is 0 Å². The molecule has 0 radical (unpaired) electrons. The zero-order valence-electron chi connectivity index (χ0n) is 19.3. The maximum atomic E-state index is 13.3. The van der Waals surface area contributed by atoms with Crippen LogP contribution in [0.5, 0.6) is 5.88 Å². The summed E-state index contributed by atoms with van der Waals surface area (Å²) in [6.07, 6.45) is 1.50. The first kappa shape index (κ1) is 24.0. The number of hydrogen-bond acceptors (Lipinski definition) is 6. The molecular weight excluding hydrogens is 458 g/mol. The number of carbonyl (C=O) groups is 3. The SMILES string of the molecule is COc1cc(C(=O)N2CCC3(CC2)CCN(C(=O)[C@H](OC(C)=O)c2ccccc2)C3)cc(Cl)n1. The smallest absolute Gasteiger partial charge is 0.303 e. The Morgan fingerprint density at radius 1 is 1.03 bits per heavy atom. The molecule has 1 aromatic carbocycles. The maximum absolute atomic E-state index is 13.3. The number of pyridine rings is 1. The van der Waals surface area contributed by atoms with Crippen LogP contribution in [0, 0.1) is 5.41 Å². The van der Waals surface area contributed by atoms with Gasteiger partial charge >= 0.3 is 5.97 Å². The molecule has 3 heterocycles. The van der Waals surface area contributed by atoms with Crippen molar-refractivity contribution in [3.63, 3.8) is 0 Å². The number of hydrogen-bond donors (Lipinski definition) is 0. The van der Waals surface area contributed by atoms with E-state index < -0.39 is 12.1 Å². The minimum absolute atomic E-state index is 0.0442. The second-order valence-corrected chi connectivity index (χ2v) is 9.31. The van der Waals surface area contributed by atoms with Crippen LogP contribution in [0.25, 0.3) is 0 Å². The van der Waals surface area contributed by atoms with Crippen molar-refractivity contribution in [2.45, 2.75) is 32.3 Å². The van der Waals surface area contributed by atoms with E-state index in [1.807, 2.05) is 23.1 Å². The van der Waals surface area contributed by atoms with Gasteiger partial charge in [0.1, 0.15) is 5.15 Å². The normalized spacial score (nSPS) is 18.0. The van der Waals surface area contributed by atoms with Crippen molar-refractivity contribution >= 4 is 29.4 Å². The van der Waals surface area contributed by atoms with Crippen molar-refractivity contribution < 1.29 is 23.9 Å². The highest BCUT2D eigenvalue weighted by molar-refractivity contribution is 6.29. The number of amides is 2. The Balaban J connectivity index is 1.40. The molecule has 4 rings (SSSR count). The number of esters is 1. The fraction of sp³-hybridized carbons (Fsp3) is 0.440. The van der Waals surface area contributed by atoms with Gasteiger partial charge in [-0.15, -0.1) is 0 Å². The summed E-state index contributed by atoms with van der Waals surface area (Å²) in [7, 11) is 1.48. The molecule has 1 spiro atoms. The van der Waals surface area contributed by atoms with E-state index in [9.17, 15) is 14.4 Å². The lowest BCUT2D eigenvalue weighted by atomic mass is 9.77. The summed E-state index contributed by atoms with van der Waals surface area (Å²) in [6, 6.07) is 12.2. The van der Waals surface area contributed by atoms with E-state index in [-0.39, 0.29) is 22.4 Å². The van der Waals surface area contributed by atoms with Crippen molar-refractivity contribution in [2.75, 3.05) is 33.3 Å². The average molecular weight is 486 g/mol. The lowest BCUT2D eigenvalue weighted by Gasteiger charge is -2.39. The Kier molecular flexibility index (Phi) is 7.07. The van der Waals surface area contributed by atoms with Gasteiger partial charge in [-0.05, 0) is 30.7 Å². The molecule has 1 aromatic heterocycles. The van der Waals surface area contributed by atoms with Crippen LogP contribution < -0.4 is 4.74 Å². The number of nitrogens with zero attached hydrogens (tertiary/aromatic N) is 3. The third kappa shape index (κ3) is 5.17. The number of rotatable bonds is 5. The van der Waals surface area contributed by atoms with Crippen LogP contribution in [-0.4, -0.2) is 65.9 Å². The van der Waals surface area contributed by atoms with E-state index in [0.29, 0.717) is 43.2 Å². The van der Waals surface area contributed by atoms with Gasteiger partial charge < -0.3 is 19.3 Å². The van der Waals surface area contributed by atoms with Crippen molar-refractivity contribution in [1.82, 2.24) is 14.8 Å². The Hall–Kier alpha value is -3.13. The highest BCUT2D eigenvalue weighted by atomic mass is 35.5. The summed E-state index contributed by atoms with van der Waals surface area (Å²) >= 11 is 6.03. The molecule has 180 valence electrons. The summed E-state index contributed by atoms with van der Waals surface area (Å²) in [6.45, 7) is 3.69. The first-order valence-electron chi connectivity index (χ1n) is 11.3. The second kappa shape index (κ2) is 10.0. The van der Waals surface area contributed by atoms with Gasteiger partial charge in [0.2, 0.25) is 12.0 Å². The summed E-state index contributed by atoms with van der Waals surface area (Å²) in [5.41, 5.74) is 1.07. The van der Waals surface area contributed by atoms with Crippen LogP contribution in [0.15, 0.2) is 42.5 Å². The number of carbonyl (C=O) groups excluding carboxylic acids is 3. The van der Waals surface area contributed by atoms with Crippen LogP contribution in [0.4, 0.5) is 0 Å². The molecular formula is C25H28ClN3O5. The van der Waals surface area contributed by atoms with Gasteiger partial charge in [-0.25, -0.2) is 4.98 Å². The molecule has 2 fully saturated rings. The molecule has 2 aromatic rings. The zero-order chi connectivity index (χ0) is 24.3. The standard InChI is InChI=1S/C25H28ClN3O5/c1-17(30)34-22(18-6-4-3-5-7-18)24(32)29-13-10-25(16-29)8-11-28(12-9-25)23(31)19-14-20(26)27-21(15-19)33-2/h3-7,14-15,22H,8-13,16H2,1-2H3/t22-/m1/s1. The molecule has 0 unspecified atom stereocenters. The largest absolute Gasteiger partial charge is 0.481 e. The number of halogens is 1. The van der Waals surface area contributed by atoms with Gasteiger partial charge in [-0.3, -0.25) is 14.4 Å². The quantitative estimate of drug-likeness (QED) is 0.475. The van der Waals surface area contributed by atoms with Gasteiger partial charge in [-0.2, -0.15) is 0 Å². The Bertz CT molecular complexity index is 1070. The molecule has 0 bridgehead atoms. The van der Waals surface area contributed by atoms with Crippen LogP contribution in [0.1, 0.15) is 48.2 Å². The molecule has 0 N–H and O–H groups in total. The van der Waals surface area contributed by atoms with Gasteiger partial charge in [0, 0.05) is 50.3 Å². The molecule has 2 aliphatic rings. The fourth-order valence-corrected chi connectivity index (χ4v) is 5.02. The third-order valence-corrected chi connectivity index (χ3v) is 6.89. The number of likely N-dealkylation sites (tertiary alicyclic amines) is 2. The lowest BCUT2D eigenvalue weighted by molar-refractivity contribution is -0.159. The highest BCUT2D eigenvalue weighted by Crippen LogP contribution is 2.41. The second-order valence-electron chi connectivity index (χ2n) is 8.92. The minimum atomic E-state index is -0.943. The van der Waals surface area contributed by atoms with Crippen molar-refractivity contribution in [1.29, 1.82) is 0 Å². The van der Waals surface area contributed by atoms with Gasteiger partial charge in [0.25, 0.3) is 11.8 Å². The lowest BCUT2D eigenvalue weighted by Crippen LogP contribution is -2.45. The van der Waals surface area contributed by atoms with E-state index in [1.54, 1.807) is 29.2 Å². The van der Waals surface area contributed by atoms with E-state index in [1.165, 1.54) is 14.0 Å². The molecule has 2 amide bonds. The summed E-state index contributed by atoms with van der Waals surface area (Å²) in [5.74, 6) is -0.497. The predicted molar refractivity (Wildman–Crippen MR) is 126 cm³/mol. The molecule has 8 nitrogen and oxygen atoms in total. The Morgan fingerprint density at radius 3 is 2.29 bits per heavy atom. The van der Waals surface area contributed by atoms with E-state index in [4.69, 9.17) is 21.1 Å². The first-order chi connectivity index (χ1) is 16.3. The Labute approximate surface area is 203 Å². The number of methoxy groups -OCH3 is 1. The van der Waals surface area contributed by atoms with Gasteiger partial charge in [-0.1, -0.05) is 41.9 Å². The monoisotopic (exact) mass is 485 g/mol. The molecule has 34 heavy (non-hydrogen) atoms. The fourth-order valence-electron chi connectivity index (χ4n) is 4.82. The van der Waals surface area contributed by atoms with Crippen LogP contribution in [0.2, 0.25) is 5.15 Å². The molecule has 2 saturated heterocycles. The summed E-state index contributed by atoms with van der Waals surface area (Å²) < 4.78 is 10.5. The average Bonchev–Trinajstić information content (AvgIpc) is 3.25. The number of benzene rings is 1. The number of ether oxygens (including phenoxy) is 2. The van der Waals surface area contributed by atoms with Gasteiger partial charge in [0.05, 0.1) is 7.11 Å². The minimum Gasteiger partial charge on any atom is -0.481 e. The number of piperidine rings is 1. The zero-order valence-corrected chi connectivity index (χ0v) is 20.1. The highest BCUT2D eigenvalue weighted by Gasteiger charge is 2.44. The predicted octanol–water partition coefficient (Wildman–Crippen LogP) is 3.50. The van der Waals surface area contributed by atoms with Crippen molar-refractivity contribution in [3.8, 4) is 5.88 Å². The molecule has 0 aliphatic carbocycles. The molecule has 2 aliphatic heterocycles. The van der Waals surface area contributed by atoms with E-state index in [2.05, 4.69) is 4.98 Å². The van der Waals surface area contributed by atoms with Gasteiger partial charge in [0.15, 0.2) is 0 Å². The Morgan fingerprint density at radius 2 is 1.68 bits per heavy atom. The maximum Gasteiger partial charge on any atom is 0.303 e. The van der Waals surface area contributed by atoms with Crippen LogP contribution in [0.3, 0.4) is 0 Å². The molecule has 0 saturated carbocycles.